The smallest absolute Gasteiger partial charge is 0.313 e. The minimum atomic E-state index is -0.683. The normalized spacial score (nSPS) is 16.7. The summed E-state index contributed by atoms with van der Waals surface area (Å²) in [6.07, 6.45) is 1.39. The summed E-state index contributed by atoms with van der Waals surface area (Å²) in [5.74, 6) is -1.61. The zero-order chi connectivity index (χ0) is 19.4. The van der Waals surface area contributed by atoms with Crippen LogP contribution in [0.1, 0.15) is 28.8 Å². The number of nitrogens with zero attached hydrogens (tertiary/aromatic N) is 1. The minimum absolute atomic E-state index is 0.00913. The van der Waals surface area contributed by atoms with Gasteiger partial charge in [-0.25, -0.2) is 0 Å². The van der Waals surface area contributed by atoms with Crippen LogP contribution >= 0.6 is 11.6 Å². The maximum Gasteiger partial charge on any atom is 0.313 e. The first-order valence-corrected chi connectivity index (χ1v) is 9.29. The van der Waals surface area contributed by atoms with Crippen LogP contribution in [0.2, 0.25) is 5.02 Å². The maximum atomic E-state index is 12.9. The quantitative estimate of drug-likeness (QED) is 0.648. The molecule has 1 heterocycles. The summed E-state index contributed by atoms with van der Waals surface area (Å²) in [5, 5.41) is 3.19. The molecule has 0 saturated carbocycles. The molecule has 1 atom stereocenters. The molecule has 0 aromatic heterocycles. The Morgan fingerprint density at radius 1 is 1.11 bits per heavy atom. The molecular formula is C21H21ClN2O3. The van der Waals surface area contributed by atoms with Crippen molar-refractivity contribution in [2.45, 2.75) is 19.8 Å². The van der Waals surface area contributed by atoms with E-state index in [0.717, 1.165) is 5.56 Å². The number of Topliss-reactive ketones (excluding diaryl/α,β-unsaturated/α-hetero) is 1. The number of carbonyl (C=O) groups excluding carboxylic acids is 3. The van der Waals surface area contributed by atoms with Crippen LogP contribution in [0.4, 0.5) is 5.69 Å². The fourth-order valence-corrected chi connectivity index (χ4v) is 3.58. The Hall–Kier alpha value is -2.66. The molecule has 1 aliphatic rings. The van der Waals surface area contributed by atoms with Gasteiger partial charge in [0.2, 0.25) is 0 Å². The topological polar surface area (TPSA) is 66.5 Å². The SMILES string of the molecule is Cc1cc(Cl)ccc1C(=O)C1CCCN(C(=O)C(=O)Nc2ccccc2)C1. The molecule has 1 aliphatic heterocycles. The summed E-state index contributed by atoms with van der Waals surface area (Å²) in [6, 6.07) is 14.0. The lowest BCUT2D eigenvalue weighted by atomic mass is 9.88. The standard InChI is InChI=1S/C21H21ClN2O3/c1-14-12-16(22)9-10-18(14)19(25)15-6-5-11-24(13-15)21(27)20(26)23-17-7-3-2-4-8-17/h2-4,7-10,12,15H,5-6,11,13H2,1H3,(H,23,26). The van der Waals surface area contributed by atoms with Crippen molar-refractivity contribution >= 4 is 34.9 Å². The molecule has 3 rings (SSSR count). The third kappa shape index (κ3) is 4.55. The van der Waals surface area contributed by atoms with Crippen molar-refractivity contribution < 1.29 is 14.4 Å². The Morgan fingerprint density at radius 3 is 2.56 bits per heavy atom. The molecule has 1 N–H and O–H groups in total. The number of halogens is 1. The van der Waals surface area contributed by atoms with Gasteiger partial charge in [-0.3, -0.25) is 14.4 Å². The van der Waals surface area contributed by atoms with Gasteiger partial charge in [-0.2, -0.15) is 0 Å². The average molecular weight is 385 g/mol. The Balaban J connectivity index is 1.67. The van der Waals surface area contributed by atoms with E-state index in [1.165, 1.54) is 4.90 Å². The molecule has 27 heavy (non-hydrogen) atoms. The lowest BCUT2D eigenvalue weighted by molar-refractivity contribution is -0.144. The highest BCUT2D eigenvalue weighted by Crippen LogP contribution is 2.24. The van der Waals surface area contributed by atoms with E-state index in [2.05, 4.69) is 5.32 Å². The van der Waals surface area contributed by atoms with Crippen LogP contribution in [0.15, 0.2) is 48.5 Å². The molecule has 5 nitrogen and oxygen atoms in total. The number of benzene rings is 2. The predicted molar refractivity (Wildman–Crippen MR) is 105 cm³/mol. The van der Waals surface area contributed by atoms with Crippen LogP contribution in [0.5, 0.6) is 0 Å². The Bertz CT molecular complexity index is 867. The van der Waals surface area contributed by atoms with Crippen molar-refractivity contribution in [1.82, 2.24) is 4.90 Å². The number of para-hydroxylation sites is 1. The van der Waals surface area contributed by atoms with Crippen LogP contribution in [-0.2, 0) is 9.59 Å². The van der Waals surface area contributed by atoms with E-state index < -0.39 is 11.8 Å². The van der Waals surface area contributed by atoms with Crippen molar-refractivity contribution in [1.29, 1.82) is 0 Å². The van der Waals surface area contributed by atoms with Gasteiger partial charge in [0.25, 0.3) is 0 Å². The van der Waals surface area contributed by atoms with Crippen LogP contribution in [0, 0.1) is 12.8 Å². The molecule has 6 heteroatoms. The summed E-state index contributed by atoms with van der Waals surface area (Å²) in [4.78, 5) is 39.1. The van der Waals surface area contributed by atoms with Gasteiger partial charge in [0.1, 0.15) is 0 Å². The number of amides is 2. The highest BCUT2D eigenvalue weighted by molar-refractivity contribution is 6.39. The number of aryl methyl sites for hydroxylation is 1. The number of hydrogen-bond donors (Lipinski definition) is 1. The first kappa shape index (κ1) is 19.1. The van der Waals surface area contributed by atoms with E-state index >= 15 is 0 Å². The largest absolute Gasteiger partial charge is 0.334 e. The van der Waals surface area contributed by atoms with Crippen molar-refractivity contribution in [2.75, 3.05) is 18.4 Å². The second kappa shape index (κ2) is 8.35. The first-order chi connectivity index (χ1) is 13.0. The molecular weight excluding hydrogens is 364 g/mol. The van der Waals surface area contributed by atoms with E-state index in [4.69, 9.17) is 11.6 Å². The van der Waals surface area contributed by atoms with E-state index in [-0.39, 0.29) is 18.2 Å². The van der Waals surface area contributed by atoms with E-state index in [0.29, 0.717) is 35.7 Å². The lowest BCUT2D eigenvalue weighted by Gasteiger charge is -2.31. The summed E-state index contributed by atoms with van der Waals surface area (Å²) in [5.41, 5.74) is 2.00. The number of piperidine rings is 1. The molecule has 1 unspecified atom stereocenters. The summed E-state index contributed by atoms with van der Waals surface area (Å²) in [7, 11) is 0. The van der Waals surface area contributed by atoms with Gasteiger partial charge >= 0.3 is 11.8 Å². The Labute approximate surface area is 163 Å². The minimum Gasteiger partial charge on any atom is -0.334 e. The zero-order valence-corrected chi connectivity index (χ0v) is 15.8. The first-order valence-electron chi connectivity index (χ1n) is 8.91. The number of rotatable bonds is 3. The lowest BCUT2D eigenvalue weighted by Crippen LogP contribution is -2.46. The third-order valence-electron chi connectivity index (χ3n) is 4.76. The number of ketones is 1. The summed E-state index contributed by atoms with van der Waals surface area (Å²) >= 11 is 5.96. The molecule has 1 saturated heterocycles. The fraction of sp³-hybridized carbons (Fsp3) is 0.286. The third-order valence-corrected chi connectivity index (χ3v) is 4.99. The van der Waals surface area contributed by atoms with Gasteiger partial charge < -0.3 is 10.2 Å². The van der Waals surface area contributed by atoms with Gasteiger partial charge in [0.15, 0.2) is 5.78 Å². The number of likely N-dealkylation sites (tertiary alicyclic amines) is 1. The molecule has 0 aliphatic carbocycles. The molecule has 2 amide bonds. The molecule has 0 radical (unpaired) electrons. The molecule has 140 valence electrons. The van der Waals surface area contributed by atoms with Crippen LogP contribution in [0.25, 0.3) is 0 Å². The summed E-state index contributed by atoms with van der Waals surface area (Å²) < 4.78 is 0. The number of anilines is 1. The highest BCUT2D eigenvalue weighted by atomic mass is 35.5. The average Bonchev–Trinajstić information content (AvgIpc) is 2.68. The monoisotopic (exact) mass is 384 g/mol. The van der Waals surface area contributed by atoms with Crippen molar-refractivity contribution in [3.63, 3.8) is 0 Å². The molecule has 1 fully saturated rings. The van der Waals surface area contributed by atoms with Gasteiger partial charge in [-0.15, -0.1) is 0 Å². The fourth-order valence-electron chi connectivity index (χ4n) is 3.35. The van der Waals surface area contributed by atoms with E-state index in [9.17, 15) is 14.4 Å². The summed E-state index contributed by atoms with van der Waals surface area (Å²) in [6.45, 7) is 2.57. The molecule has 0 spiro atoms. The van der Waals surface area contributed by atoms with Gasteiger partial charge in [0.05, 0.1) is 0 Å². The highest BCUT2D eigenvalue weighted by Gasteiger charge is 2.32. The van der Waals surface area contributed by atoms with Crippen molar-refractivity contribution in [3.8, 4) is 0 Å². The van der Waals surface area contributed by atoms with Crippen molar-refractivity contribution in [2.24, 2.45) is 5.92 Å². The van der Waals surface area contributed by atoms with Gasteiger partial charge in [0, 0.05) is 35.3 Å². The van der Waals surface area contributed by atoms with Crippen LogP contribution in [0.3, 0.4) is 0 Å². The predicted octanol–water partition coefficient (Wildman–Crippen LogP) is 3.71. The number of nitrogens with one attached hydrogen (secondary N) is 1. The maximum absolute atomic E-state index is 12.9. The van der Waals surface area contributed by atoms with E-state index in [1.54, 1.807) is 42.5 Å². The van der Waals surface area contributed by atoms with Gasteiger partial charge in [-0.1, -0.05) is 29.8 Å². The van der Waals surface area contributed by atoms with Crippen LogP contribution < -0.4 is 5.32 Å². The number of carbonyl (C=O) groups is 3. The molecule has 2 aromatic rings. The van der Waals surface area contributed by atoms with Gasteiger partial charge in [-0.05, 0) is 55.7 Å². The van der Waals surface area contributed by atoms with E-state index in [1.807, 2.05) is 13.0 Å². The second-order valence-corrected chi connectivity index (χ2v) is 7.17. The zero-order valence-electron chi connectivity index (χ0n) is 15.1. The van der Waals surface area contributed by atoms with Crippen LogP contribution in [-0.4, -0.2) is 35.6 Å². The molecule has 0 bridgehead atoms. The molecule has 2 aromatic carbocycles. The Kier molecular flexibility index (Phi) is 5.91. The number of hydrogen-bond acceptors (Lipinski definition) is 3. The van der Waals surface area contributed by atoms with Crippen molar-refractivity contribution in [3.05, 3.63) is 64.7 Å². The Morgan fingerprint density at radius 2 is 1.85 bits per heavy atom. The second-order valence-electron chi connectivity index (χ2n) is 6.73.